The number of carbonyl (C=O) groups excluding carboxylic acids is 1. The number of ether oxygens (including phenoxy) is 2. The number of unbranched alkanes of at least 4 members (excludes halogenated alkanes) is 1. The van der Waals surface area contributed by atoms with Gasteiger partial charge in [-0.05, 0) is 74.9 Å². The monoisotopic (exact) mass is 388 g/mol. The van der Waals surface area contributed by atoms with E-state index in [0.717, 1.165) is 57.6 Å². The summed E-state index contributed by atoms with van der Waals surface area (Å²) in [5.41, 5.74) is 2.93. The lowest BCUT2D eigenvalue weighted by molar-refractivity contribution is -0.130. The highest BCUT2D eigenvalue weighted by molar-refractivity contribution is 5.76. The number of methoxy groups -OCH3 is 1. The molecule has 1 aliphatic heterocycles. The van der Waals surface area contributed by atoms with Crippen LogP contribution in [0.2, 0.25) is 0 Å². The van der Waals surface area contributed by atoms with Gasteiger partial charge in [-0.25, -0.2) is 0 Å². The van der Waals surface area contributed by atoms with Crippen LogP contribution in [-0.4, -0.2) is 68.3 Å². The Balaban J connectivity index is 1.48. The second-order valence-corrected chi connectivity index (χ2v) is 8.02. The van der Waals surface area contributed by atoms with E-state index in [0.29, 0.717) is 25.7 Å². The van der Waals surface area contributed by atoms with Crippen molar-refractivity contribution in [2.75, 3.05) is 46.5 Å². The maximum Gasteiger partial charge on any atom is 0.224 e. The van der Waals surface area contributed by atoms with Gasteiger partial charge in [0.15, 0.2) is 0 Å². The van der Waals surface area contributed by atoms with Gasteiger partial charge < -0.3 is 19.3 Å². The van der Waals surface area contributed by atoms with Crippen molar-refractivity contribution in [1.29, 1.82) is 0 Å². The molecule has 1 aromatic rings. The fourth-order valence-corrected chi connectivity index (χ4v) is 4.49. The van der Waals surface area contributed by atoms with Crippen molar-refractivity contribution >= 4 is 5.91 Å². The first-order valence-electron chi connectivity index (χ1n) is 11.0. The number of amides is 1. The molecule has 1 aromatic carbocycles. The summed E-state index contributed by atoms with van der Waals surface area (Å²) in [5.74, 6) is 1.22. The summed E-state index contributed by atoms with van der Waals surface area (Å²) < 4.78 is 10.8. The molecular formula is C23H36N2O3. The van der Waals surface area contributed by atoms with Crippen LogP contribution in [0.3, 0.4) is 0 Å². The summed E-state index contributed by atoms with van der Waals surface area (Å²) >= 11 is 0. The van der Waals surface area contributed by atoms with Crippen LogP contribution in [0.15, 0.2) is 18.2 Å². The molecule has 0 saturated carbocycles. The van der Waals surface area contributed by atoms with Gasteiger partial charge in [-0.15, -0.1) is 0 Å². The van der Waals surface area contributed by atoms with Crippen molar-refractivity contribution in [1.82, 2.24) is 9.80 Å². The molecule has 0 radical (unpaired) electrons. The Labute approximate surface area is 170 Å². The Morgan fingerprint density at radius 2 is 2.07 bits per heavy atom. The van der Waals surface area contributed by atoms with Crippen molar-refractivity contribution in [3.8, 4) is 5.75 Å². The highest BCUT2D eigenvalue weighted by Crippen LogP contribution is 2.28. The van der Waals surface area contributed by atoms with Crippen LogP contribution in [0.25, 0.3) is 0 Å². The lowest BCUT2D eigenvalue weighted by Gasteiger charge is -2.35. The molecular weight excluding hydrogens is 352 g/mol. The van der Waals surface area contributed by atoms with Crippen molar-refractivity contribution in [2.24, 2.45) is 0 Å². The van der Waals surface area contributed by atoms with E-state index in [1.165, 1.54) is 24.0 Å². The van der Waals surface area contributed by atoms with Crippen molar-refractivity contribution in [2.45, 2.75) is 57.9 Å². The number of aryl methyl sites for hydroxylation is 1. The molecule has 2 aliphatic rings. The van der Waals surface area contributed by atoms with Gasteiger partial charge >= 0.3 is 0 Å². The number of hydrogen-bond donors (Lipinski definition) is 0. The average Bonchev–Trinajstić information content (AvgIpc) is 2.93. The van der Waals surface area contributed by atoms with Gasteiger partial charge in [-0.3, -0.25) is 4.79 Å². The lowest BCUT2D eigenvalue weighted by atomic mass is 9.87. The van der Waals surface area contributed by atoms with Gasteiger partial charge in [0, 0.05) is 19.1 Å². The van der Waals surface area contributed by atoms with Crippen LogP contribution in [0.4, 0.5) is 0 Å². The topological polar surface area (TPSA) is 42.0 Å². The molecule has 28 heavy (non-hydrogen) atoms. The van der Waals surface area contributed by atoms with Crippen molar-refractivity contribution < 1.29 is 14.3 Å². The quantitative estimate of drug-likeness (QED) is 0.609. The number of benzene rings is 1. The average molecular weight is 389 g/mol. The van der Waals surface area contributed by atoms with Crippen LogP contribution < -0.4 is 4.74 Å². The maximum absolute atomic E-state index is 12.1. The number of carbonyl (C=O) groups is 1. The molecule has 156 valence electrons. The first kappa shape index (κ1) is 21.1. The zero-order chi connectivity index (χ0) is 19.8. The highest BCUT2D eigenvalue weighted by atomic mass is 16.5. The molecule has 0 bridgehead atoms. The summed E-state index contributed by atoms with van der Waals surface area (Å²) in [6, 6.07) is 7.18. The molecule has 1 fully saturated rings. The highest BCUT2D eigenvalue weighted by Gasteiger charge is 2.24. The smallest absolute Gasteiger partial charge is 0.224 e. The van der Waals surface area contributed by atoms with E-state index in [9.17, 15) is 4.79 Å². The summed E-state index contributed by atoms with van der Waals surface area (Å²) in [6.45, 7) is 7.43. The Morgan fingerprint density at radius 1 is 1.18 bits per heavy atom. The van der Waals surface area contributed by atoms with Crippen LogP contribution >= 0.6 is 0 Å². The molecule has 1 heterocycles. The fourth-order valence-electron chi connectivity index (χ4n) is 4.49. The van der Waals surface area contributed by atoms with Gasteiger partial charge in [0.2, 0.25) is 5.91 Å². The zero-order valence-electron chi connectivity index (χ0n) is 17.6. The molecule has 1 amide bonds. The Morgan fingerprint density at radius 3 is 2.89 bits per heavy atom. The minimum atomic E-state index is 0.252. The molecule has 1 saturated heterocycles. The van der Waals surface area contributed by atoms with E-state index in [2.05, 4.69) is 30.0 Å². The Kier molecular flexibility index (Phi) is 8.16. The van der Waals surface area contributed by atoms with Crippen molar-refractivity contribution in [3.05, 3.63) is 29.3 Å². The molecule has 3 rings (SSSR count). The van der Waals surface area contributed by atoms with E-state index >= 15 is 0 Å². The molecule has 0 N–H and O–H groups in total. The van der Waals surface area contributed by atoms with Gasteiger partial charge in [-0.1, -0.05) is 13.0 Å². The SMILES string of the molecule is CCCN(CCCCN1CCOCCC1=O)C1CCc2cc(OC)ccc2C1. The largest absolute Gasteiger partial charge is 0.497 e. The molecule has 1 unspecified atom stereocenters. The van der Waals surface area contributed by atoms with Gasteiger partial charge in [-0.2, -0.15) is 0 Å². The van der Waals surface area contributed by atoms with E-state index in [1.54, 1.807) is 7.11 Å². The Hall–Kier alpha value is -1.59. The normalized spacial score (nSPS) is 20.2. The van der Waals surface area contributed by atoms with Crippen LogP contribution in [0.1, 0.15) is 50.2 Å². The number of nitrogens with zero attached hydrogens (tertiary/aromatic N) is 2. The first-order chi connectivity index (χ1) is 13.7. The molecule has 1 atom stereocenters. The van der Waals surface area contributed by atoms with Crippen LogP contribution in [0, 0.1) is 0 Å². The van der Waals surface area contributed by atoms with E-state index in [4.69, 9.17) is 9.47 Å². The predicted molar refractivity (Wildman–Crippen MR) is 112 cm³/mol. The summed E-state index contributed by atoms with van der Waals surface area (Å²) in [4.78, 5) is 16.7. The summed E-state index contributed by atoms with van der Waals surface area (Å²) in [5, 5.41) is 0. The predicted octanol–water partition coefficient (Wildman–Crippen LogP) is 3.29. The van der Waals surface area contributed by atoms with Crippen LogP contribution in [-0.2, 0) is 22.4 Å². The lowest BCUT2D eigenvalue weighted by Crippen LogP contribution is -2.40. The van der Waals surface area contributed by atoms with E-state index in [-0.39, 0.29) is 5.91 Å². The summed E-state index contributed by atoms with van der Waals surface area (Å²) in [6.07, 6.45) is 7.45. The molecule has 1 aliphatic carbocycles. The van der Waals surface area contributed by atoms with Crippen molar-refractivity contribution in [3.63, 3.8) is 0 Å². The minimum Gasteiger partial charge on any atom is -0.497 e. The van der Waals surface area contributed by atoms with Gasteiger partial charge in [0.25, 0.3) is 0 Å². The molecule has 0 aromatic heterocycles. The third-order valence-electron chi connectivity index (χ3n) is 6.08. The molecule has 5 nitrogen and oxygen atoms in total. The van der Waals surface area contributed by atoms with E-state index < -0.39 is 0 Å². The maximum atomic E-state index is 12.1. The van der Waals surface area contributed by atoms with Gasteiger partial charge in [0.1, 0.15) is 5.75 Å². The summed E-state index contributed by atoms with van der Waals surface area (Å²) in [7, 11) is 1.74. The third-order valence-corrected chi connectivity index (χ3v) is 6.08. The van der Waals surface area contributed by atoms with Gasteiger partial charge in [0.05, 0.1) is 26.7 Å². The van der Waals surface area contributed by atoms with E-state index in [1.807, 2.05) is 4.90 Å². The standard InChI is InChI=1S/C23H36N2O3/c1-3-11-24(12-4-5-13-25-14-16-28-15-10-23(25)26)21-8-6-20-18-22(27-2)9-7-19(20)17-21/h7,9,18,21H,3-6,8,10-17H2,1-2H3. The first-order valence-corrected chi connectivity index (χ1v) is 11.0. The second kappa shape index (κ2) is 10.8. The molecule has 5 heteroatoms. The fraction of sp³-hybridized carbons (Fsp3) is 0.696. The second-order valence-electron chi connectivity index (χ2n) is 8.02. The third kappa shape index (κ3) is 5.71. The van der Waals surface area contributed by atoms with Crippen LogP contribution in [0.5, 0.6) is 5.75 Å². The molecule has 0 spiro atoms. The minimum absolute atomic E-state index is 0.252. The zero-order valence-corrected chi connectivity index (χ0v) is 17.6. The number of fused-ring (bicyclic) bond motifs is 1. The Bertz CT molecular complexity index is 634. The number of rotatable bonds is 9. The number of hydrogen-bond acceptors (Lipinski definition) is 4.